The Morgan fingerprint density at radius 1 is 1.24 bits per heavy atom. The van der Waals surface area contributed by atoms with Crippen molar-refractivity contribution in [1.29, 1.82) is 0 Å². The topological polar surface area (TPSA) is 59.5 Å². The van der Waals surface area contributed by atoms with Gasteiger partial charge >= 0.3 is 5.97 Å². The van der Waals surface area contributed by atoms with Gasteiger partial charge in [-0.25, -0.2) is 9.78 Å². The van der Waals surface area contributed by atoms with Crippen molar-refractivity contribution in [3.63, 3.8) is 0 Å². The highest BCUT2D eigenvalue weighted by atomic mass is 35.5. The monoisotopic (exact) mass is 482 g/mol. The molecule has 0 fully saturated rings. The van der Waals surface area contributed by atoms with E-state index in [2.05, 4.69) is 58.7 Å². The molecule has 0 spiro atoms. The summed E-state index contributed by atoms with van der Waals surface area (Å²) in [6.07, 6.45) is 5.61. The Morgan fingerprint density at radius 2 is 1.94 bits per heavy atom. The van der Waals surface area contributed by atoms with Crippen LogP contribution < -0.4 is 4.90 Å². The molecular weight excluding hydrogens is 448 g/mol. The van der Waals surface area contributed by atoms with Crippen LogP contribution in [0.5, 0.6) is 0 Å². The van der Waals surface area contributed by atoms with E-state index in [1.807, 2.05) is 12.3 Å². The van der Waals surface area contributed by atoms with Gasteiger partial charge in [0.05, 0.1) is 12.7 Å². The van der Waals surface area contributed by atoms with E-state index in [-0.39, 0.29) is 17.2 Å². The maximum atomic E-state index is 13.3. The van der Waals surface area contributed by atoms with Gasteiger partial charge in [0.2, 0.25) is 5.91 Å². The van der Waals surface area contributed by atoms with Crippen molar-refractivity contribution in [2.24, 2.45) is 11.3 Å². The fourth-order valence-corrected chi connectivity index (χ4v) is 4.74. The normalized spacial score (nSPS) is 18.8. The second-order valence-electron chi connectivity index (χ2n) is 10.8. The number of esters is 1. The third-order valence-corrected chi connectivity index (χ3v) is 6.90. The van der Waals surface area contributed by atoms with Crippen molar-refractivity contribution in [2.75, 3.05) is 12.0 Å². The predicted molar refractivity (Wildman–Crippen MR) is 137 cm³/mol. The van der Waals surface area contributed by atoms with Crippen molar-refractivity contribution in [3.8, 4) is 0 Å². The highest BCUT2D eigenvalue weighted by molar-refractivity contribution is 6.31. The van der Waals surface area contributed by atoms with Crippen LogP contribution in [0.1, 0.15) is 75.9 Å². The molecule has 0 aliphatic carbocycles. The number of nitrogens with zero attached hydrogens (tertiary/aromatic N) is 2. The van der Waals surface area contributed by atoms with E-state index in [9.17, 15) is 9.59 Å². The van der Waals surface area contributed by atoms with Crippen LogP contribution in [0, 0.1) is 11.3 Å². The summed E-state index contributed by atoms with van der Waals surface area (Å²) in [6, 6.07) is 9.54. The van der Waals surface area contributed by atoms with Crippen LogP contribution in [-0.2, 0) is 21.4 Å². The maximum absolute atomic E-state index is 13.3. The number of pyridine rings is 1. The van der Waals surface area contributed by atoms with Crippen molar-refractivity contribution in [3.05, 3.63) is 70.0 Å². The lowest BCUT2D eigenvalue weighted by atomic mass is 9.68. The summed E-state index contributed by atoms with van der Waals surface area (Å²) < 4.78 is 4.74. The molecule has 1 aliphatic heterocycles. The number of methoxy groups -OCH3 is 1. The average molecular weight is 483 g/mol. The fourth-order valence-electron chi connectivity index (χ4n) is 4.46. The van der Waals surface area contributed by atoms with E-state index < -0.39 is 11.4 Å². The summed E-state index contributed by atoms with van der Waals surface area (Å²) in [7, 11) is 1.33. The highest BCUT2D eigenvalue weighted by Gasteiger charge is 2.41. The van der Waals surface area contributed by atoms with Gasteiger partial charge in [-0.15, -0.1) is 0 Å². The number of allylic oxidation sites excluding steroid dienone is 1. The SMILES string of the molecule is COC(=O)c1ccc(N2C=C(C(C)C)[C@](C)(c3ccc(CCC(C)(C)C)c(Cl)c3)CC2=O)nc1. The van der Waals surface area contributed by atoms with Crippen LogP contribution in [-0.4, -0.2) is 24.0 Å². The van der Waals surface area contributed by atoms with Gasteiger partial charge in [0.25, 0.3) is 0 Å². The molecule has 34 heavy (non-hydrogen) atoms. The van der Waals surface area contributed by atoms with Crippen LogP contribution in [0.25, 0.3) is 0 Å². The number of ether oxygens (including phenoxy) is 1. The molecule has 0 radical (unpaired) electrons. The second-order valence-corrected chi connectivity index (χ2v) is 11.2. The number of amides is 1. The Kier molecular flexibility index (Phi) is 7.56. The molecule has 0 unspecified atom stereocenters. The van der Waals surface area contributed by atoms with Crippen LogP contribution >= 0.6 is 11.6 Å². The van der Waals surface area contributed by atoms with Gasteiger partial charge in [0, 0.05) is 29.3 Å². The van der Waals surface area contributed by atoms with Gasteiger partial charge in [0.15, 0.2) is 0 Å². The minimum atomic E-state index is -0.472. The molecule has 0 bridgehead atoms. The molecule has 3 rings (SSSR count). The van der Waals surface area contributed by atoms with E-state index in [1.54, 1.807) is 17.0 Å². The standard InChI is InChI=1S/C28H35ClN2O3/c1-18(2)22-17-31(24-11-9-20(16-30-24)26(33)34-7)25(32)15-28(22,6)21-10-8-19(23(29)14-21)12-13-27(3,4)5/h8-11,14,16-18H,12-13,15H2,1-7H3/t28-/m0/s1. The van der Waals surface area contributed by atoms with E-state index in [0.29, 0.717) is 17.8 Å². The van der Waals surface area contributed by atoms with E-state index in [0.717, 1.165) is 34.6 Å². The first-order chi connectivity index (χ1) is 15.9. The smallest absolute Gasteiger partial charge is 0.339 e. The minimum Gasteiger partial charge on any atom is -0.465 e. The molecule has 2 heterocycles. The maximum Gasteiger partial charge on any atom is 0.339 e. The molecule has 1 aromatic heterocycles. The fraction of sp³-hybridized carbons (Fsp3) is 0.464. The number of rotatable bonds is 6. The Hall–Kier alpha value is -2.66. The molecule has 0 saturated heterocycles. The molecule has 1 amide bonds. The summed E-state index contributed by atoms with van der Waals surface area (Å²) in [4.78, 5) is 31.0. The number of benzene rings is 1. The Morgan fingerprint density at radius 3 is 2.47 bits per heavy atom. The third kappa shape index (κ3) is 5.52. The quantitative estimate of drug-likeness (QED) is 0.428. The van der Waals surface area contributed by atoms with Crippen molar-refractivity contribution in [2.45, 2.75) is 66.2 Å². The first-order valence-corrected chi connectivity index (χ1v) is 12.1. The zero-order chi connectivity index (χ0) is 25.3. The molecule has 6 heteroatoms. The Bertz CT molecular complexity index is 1100. The van der Waals surface area contributed by atoms with E-state index in [1.165, 1.54) is 13.3 Å². The number of carbonyl (C=O) groups excluding carboxylic acids is 2. The summed E-state index contributed by atoms with van der Waals surface area (Å²) in [5.41, 5.74) is 3.42. The molecule has 0 saturated carbocycles. The lowest BCUT2D eigenvalue weighted by molar-refractivity contribution is -0.119. The highest BCUT2D eigenvalue weighted by Crippen LogP contribution is 2.44. The number of aryl methyl sites for hydroxylation is 1. The summed E-state index contributed by atoms with van der Waals surface area (Å²) in [5.74, 6) is 0.165. The van der Waals surface area contributed by atoms with Crippen molar-refractivity contribution < 1.29 is 14.3 Å². The zero-order valence-electron chi connectivity index (χ0n) is 21.2. The first kappa shape index (κ1) is 26.0. The van der Waals surface area contributed by atoms with Crippen molar-refractivity contribution >= 4 is 29.3 Å². The van der Waals surface area contributed by atoms with Gasteiger partial charge in [-0.1, -0.05) is 65.3 Å². The molecule has 0 N–H and O–H groups in total. The summed E-state index contributed by atoms with van der Waals surface area (Å²) in [5, 5.41) is 0.751. The molecule has 2 aromatic rings. The Labute approximate surface area is 208 Å². The van der Waals surface area contributed by atoms with Gasteiger partial charge < -0.3 is 4.74 Å². The van der Waals surface area contributed by atoms with Crippen LogP contribution in [0.15, 0.2) is 48.3 Å². The number of carbonyl (C=O) groups is 2. The number of halogens is 1. The predicted octanol–water partition coefficient (Wildman–Crippen LogP) is 6.73. The summed E-state index contributed by atoms with van der Waals surface area (Å²) in [6.45, 7) is 13.1. The van der Waals surface area contributed by atoms with Gasteiger partial charge in [-0.3, -0.25) is 9.69 Å². The van der Waals surface area contributed by atoms with Crippen molar-refractivity contribution in [1.82, 2.24) is 4.98 Å². The average Bonchev–Trinajstić information content (AvgIpc) is 2.77. The number of hydrogen-bond acceptors (Lipinski definition) is 4. The summed E-state index contributed by atoms with van der Waals surface area (Å²) >= 11 is 6.72. The van der Waals surface area contributed by atoms with Gasteiger partial charge in [0.1, 0.15) is 5.82 Å². The molecule has 1 aromatic carbocycles. The number of aromatic nitrogens is 1. The van der Waals surface area contributed by atoms with E-state index in [4.69, 9.17) is 16.3 Å². The molecule has 1 aliphatic rings. The van der Waals surface area contributed by atoms with Crippen LogP contribution in [0.3, 0.4) is 0 Å². The largest absolute Gasteiger partial charge is 0.465 e. The van der Waals surface area contributed by atoms with Gasteiger partial charge in [-0.05, 0) is 59.1 Å². The first-order valence-electron chi connectivity index (χ1n) is 11.7. The molecule has 182 valence electrons. The minimum absolute atomic E-state index is 0.0573. The molecule has 1 atom stereocenters. The van der Waals surface area contributed by atoms with Crippen LogP contribution in [0.2, 0.25) is 5.02 Å². The molecule has 5 nitrogen and oxygen atoms in total. The van der Waals surface area contributed by atoms with Gasteiger partial charge in [-0.2, -0.15) is 0 Å². The lowest BCUT2D eigenvalue weighted by Gasteiger charge is -2.41. The van der Waals surface area contributed by atoms with E-state index >= 15 is 0 Å². The number of anilines is 1. The number of hydrogen-bond donors (Lipinski definition) is 0. The zero-order valence-corrected chi connectivity index (χ0v) is 22.0. The third-order valence-electron chi connectivity index (χ3n) is 6.55. The lowest BCUT2D eigenvalue weighted by Crippen LogP contribution is -2.42. The van der Waals surface area contributed by atoms with Crippen LogP contribution in [0.4, 0.5) is 5.82 Å². The Balaban J connectivity index is 1.96. The molecular formula is C28H35ClN2O3. The second kappa shape index (κ2) is 9.91.